The highest BCUT2D eigenvalue weighted by Gasteiger charge is 2.10. The van der Waals surface area contributed by atoms with Gasteiger partial charge in [0.25, 0.3) is 0 Å². The van der Waals surface area contributed by atoms with Gasteiger partial charge >= 0.3 is 0 Å². The first kappa shape index (κ1) is 13.0. The van der Waals surface area contributed by atoms with E-state index in [1.54, 1.807) is 6.07 Å². The molecule has 90 valence electrons. The number of allylic oxidation sites excluding steroid dienone is 1. The second-order valence-electron chi connectivity index (χ2n) is 3.60. The minimum atomic E-state index is -0.481. The molecule has 0 atom stereocenters. The van der Waals surface area contributed by atoms with Gasteiger partial charge in [-0.15, -0.1) is 0 Å². The number of rotatable bonds is 4. The number of methoxy groups -OCH3 is 1. The highest BCUT2D eigenvalue weighted by atomic mass is 19.1. The van der Waals surface area contributed by atoms with Crippen molar-refractivity contribution in [3.8, 4) is 11.8 Å². The molecule has 0 radical (unpaired) electrons. The van der Waals surface area contributed by atoms with Crippen LogP contribution in [0.15, 0.2) is 23.8 Å². The van der Waals surface area contributed by atoms with E-state index in [9.17, 15) is 4.39 Å². The number of nitriles is 1. The van der Waals surface area contributed by atoms with Crippen molar-refractivity contribution in [3.05, 3.63) is 35.2 Å². The number of hydrogen-bond donors (Lipinski definition) is 1. The molecule has 3 nitrogen and oxygen atoms in total. The zero-order chi connectivity index (χ0) is 12.8. The Morgan fingerprint density at radius 3 is 2.71 bits per heavy atom. The van der Waals surface area contributed by atoms with Gasteiger partial charge in [0.05, 0.1) is 24.4 Å². The molecule has 1 rings (SSSR count). The fourth-order valence-electron chi connectivity index (χ4n) is 1.50. The van der Waals surface area contributed by atoms with Gasteiger partial charge in [-0.05, 0) is 18.6 Å². The molecule has 0 fully saturated rings. The van der Waals surface area contributed by atoms with Gasteiger partial charge in [-0.3, -0.25) is 0 Å². The summed E-state index contributed by atoms with van der Waals surface area (Å²) < 4.78 is 18.6. The molecule has 0 aliphatic heterocycles. The number of benzene rings is 1. The third-order valence-electron chi connectivity index (χ3n) is 2.43. The number of hydrogen-bond acceptors (Lipinski definition) is 3. The molecule has 0 amide bonds. The van der Waals surface area contributed by atoms with E-state index in [0.717, 1.165) is 6.42 Å². The lowest BCUT2D eigenvalue weighted by molar-refractivity contribution is 0.411. The molecule has 0 saturated heterocycles. The van der Waals surface area contributed by atoms with E-state index in [1.807, 2.05) is 13.0 Å². The molecule has 0 aromatic heterocycles. The Bertz CT molecular complexity index is 475. The normalized spacial score (nSPS) is 11.6. The molecular weight excluding hydrogens is 219 g/mol. The van der Waals surface area contributed by atoms with Crippen LogP contribution in [0.1, 0.15) is 25.3 Å². The predicted molar refractivity (Wildman–Crippen MR) is 64.6 cm³/mol. The second kappa shape index (κ2) is 5.90. The Morgan fingerprint density at radius 1 is 1.53 bits per heavy atom. The molecule has 0 bridgehead atoms. The monoisotopic (exact) mass is 234 g/mol. The lowest BCUT2D eigenvalue weighted by atomic mass is 10.0. The third kappa shape index (κ3) is 2.97. The average molecular weight is 234 g/mol. The molecule has 1 aromatic rings. The van der Waals surface area contributed by atoms with E-state index < -0.39 is 5.82 Å². The molecule has 4 heteroatoms. The van der Waals surface area contributed by atoms with Crippen LogP contribution in [0, 0.1) is 17.1 Å². The zero-order valence-electron chi connectivity index (χ0n) is 9.96. The smallest absolute Gasteiger partial charge is 0.136 e. The summed E-state index contributed by atoms with van der Waals surface area (Å²) in [7, 11) is 1.46. The minimum Gasteiger partial charge on any atom is -0.497 e. The summed E-state index contributed by atoms with van der Waals surface area (Å²) in [6, 6.07) is 6.41. The van der Waals surface area contributed by atoms with Crippen LogP contribution >= 0.6 is 0 Å². The van der Waals surface area contributed by atoms with Crippen LogP contribution in [-0.4, -0.2) is 7.11 Å². The van der Waals surface area contributed by atoms with E-state index in [2.05, 4.69) is 0 Å². The molecule has 0 aliphatic rings. The molecular formula is C13H15FN2O. The average Bonchev–Trinajstić information content (AvgIpc) is 2.35. The van der Waals surface area contributed by atoms with Crippen LogP contribution in [0.2, 0.25) is 0 Å². The van der Waals surface area contributed by atoms with Gasteiger partial charge < -0.3 is 10.5 Å². The Labute approximate surface area is 100 Å². The number of nitrogens with two attached hydrogens (primary N) is 1. The summed E-state index contributed by atoms with van der Waals surface area (Å²) in [5, 5.41) is 8.95. The molecule has 0 aliphatic carbocycles. The van der Waals surface area contributed by atoms with Gasteiger partial charge in [0.1, 0.15) is 11.6 Å². The van der Waals surface area contributed by atoms with Crippen LogP contribution in [0.4, 0.5) is 4.39 Å². The SMILES string of the molecule is CCC/C(C#N)=C(/N)c1ccc(OC)cc1F. The summed E-state index contributed by atoms with van der Waals surface area (Å²) >= 11 is 0. The van der Waals surface area contributed by atoms with Gasteiger partial charge in [-0.1, -0.05) is 13.3 Å². The quantitative estimate of drug-likeness (QED) is 0.815. The highest BCUT2D eigenvalue weighted by molar-refractivity contribution is 5.69. The van der Waals surface area contributed by atoms with Crippen molar-refractivity contribution in [1.82, 2.24) is 0 Å². The fourth-order valence-corrected chi connectivity index (χ4v) is 1.50. The summed E-state index contributed by atoms with van der Waals surface area (Å²) in [5.41, 5.74) is 6.67. The molecule has 1 aromatic carbocycles. The maximum absolute atomic E-state index is 13.7. The van der Waals surface area contributed by atoms with Crippen LogP contribution in [-0.2, 0) is 0 Å². The van der Waals surface area contributed by atoms with Crippen molar-refractivity contribution >= 4 is 5.70 Å². The van der Waals surface area contributed by atoms with E-state index >= 15 is 0 Å². The van der Waals surface area contributed by atoms with Crippen molar-refractivity contribution in [2.75, 3.05) is 7.11 Å². The van der Waals surface area contributed by atoms with E-state index in [1.165, 1.54) is 19.2 Å². The lowest BCUT2D eigenvalue weighted by Gasteiger charge is -2.08. The van der Waals surface area contributed by atoms with Crippen molar-refractivity contribution in [1.29, 1.82) is 5.26 Å². The van der Waals surface area contributed by atoms with E-state index in [4.69, 9.17) is 15.7 Å². The number of ether oxygens (including phenoxy) is 1. The Hall–Kier alpha value is -2.02. The predicted octanol–water partition coefficient (Wildman–Crippen LogP) is 2.83. The molecule has 0 heterocycles. The Balaban J connectivity index is 3.20. The van der Waals surface area contributed by atoms with Gasteiger partial charge in [0, 0.05) is 11.6 Å². The molecule has 0 saturated carbocycles. The third-order valence-corrected chi connectivity index (χ3v) is 2.43. The van der Waals surface area contributed by atoms with Crippen LogP contribution in [0.3, 0.4) is 0 Å². The summed E-state index contributed by atoms with van der Waals surface area (Å²) in [4.78, 5) is 0. The Morgan fingerprint density at radius 2 is 2.24 bits per heavy atom. The Kier molecular flexibility index (Phi) is 4.53. The van der Waals surface area contributed by atoms with Gasteiger partial charge in [0.15, 0.2) is 0 Å². The minimum absolute atomic E-state index is 0.203. The van der Waals surface area contributed by atoms with E-state index in [-0.39, 0.29) is 11.3 Å². The topological polar surface area (TPSA) is 59.0 Å². The van der Waals surface area contributed by atoms with Gasteiger partial charge in [-0.2, -0.15) is 5.26 Å². The number of nitrogens with zero attached hydrogens (tertiary/aromatic N) is 1. The molecule has 17 heavy (non-hydrogen) atoms. The summed E-state index contributed by atoms with van der Waals surface area (Å²) in [6.45, 7) is 1.94. The molecule has 0 unspecified atom stereocenters. The largest absolute Gasteiger partial charge is 0.497 e. The van der Waals surface area contributed by atoms with E-state index in [0.29, 0.717) is 17.7 Å². The summed E-state index contributed by atoms with van der Waals surface area (Å²) in [6.07, 6.45) is 1.34. The molecule has 0 spiro atoms. The van der Waals surface area contributed by atoms with Crippen molar-refractivity contribution in [3.63, 3.8) is 0 Å². The first-order valence-corrected chi connectivity index (χ1v) is 5.36. The number of halogens is 1. The fraction of sp³-hybridized carbons (Fsp3) is 0.308. The zero-order valence-corrected chi connectivity index (χ0v) is 9.96. The van der Waals surface area contributed by atoms with Crippen molar-refractivity contribution in [2.24, 2.45) is 5.73 Å². The first-order chi connectivity index (χ1) is 8.13. The van der Waals surface area contributed by atoms with Crippen LogP contribution < -0.4 is 10.5 Å². The molecule has 2 N–H and O–H groups in total. The van der Waals surface area contributed by atoms with Crippen molar-refractivity contribution in [2.45, 2.75) is 19.8 Å². The van der Waals surface area contributed by atoms with Crippen molar-refractivity contribution < 1.29 is 9.13 Å². The second-order valence-corrected chi connectivity index (χ2v) is 3.60. The maximum atomic E-state index is 13.7. The van der Waals surface area contributed by atoms with Gasteiger partial charge in [0.2, 0.25) is 0 Å². The highest BCUT2D eigenvalue weighted by Crippen LogP contribution is 2.23. The lowest BCUT2D eigenvalue weighted by Crippen LogP contribution is -2.03. The van der Waals surface area contributed by atoms with Crippen LogP contribution in [0.5, 0.6) is 5.75 Å². The summed E-state index contributed by atoms with van der Waals surface area (Å²) in [5.74, 6) is -0.0567. The first-order valence-electron chi connectivity index (χ1n) is 5.36. The van der Waals surface area contributed by atoms with Gasteiger partial charge in [-0.25, -0.2) is 4.39 Å². The maximum Gasteiger partial charge on any atom is 0.136 e. The van der Waals surface area contributed by atoms with Crippen LogP contribution in [0.25, 0.3) is 5.70 Å². The standard InChI is InChI=1S/C13H15FN2O/c1-3-4-9(8-15)13(16)11-6-5-10(17-2)7-12(11)14/h5-7H,3-4,16H2,1-2H3/b13-9-.